The summed E-state index contributed by atoms with van der Waals surface area (Å²) in [5, 5.41) is 0. The second-order valence-corrected chi connectivity index (χ2v) is 2.98. The maximum absolute atomic E-state index is 3.13. The molecule has 2 aliphatic heterocycles. The van der Waals surface area contributed by atoms with E-state index in [2.05, 4.69) is 18.9 Å². The third-order valence-electron chi connectivity index (χ3n) is 1.08. The Hall–Kier alpha value is 0.540. The zero-order valence-electron chi connectivity index (χ0n) is 3.97. The monoisotopic (exact) mass is 150 g/mol. The van der Waals surface area contributed by atoms with Crippen LogP contribution < -0.4 is 18.9 Å². The molecule has 0 aliphatic carbocycles. The Labute approximate surface area is 56.1 Å². The Kier molecular flexibility index (Phi) is 1.37. The molecule has 6 heteroatoms. The van der Waals surface area contributed by atoms with Crippen molar-refractivity contribution in [3.05, 3.63) is 0 Å². The minimum atomic E-state index is 0.380. The van der Waals surface area contributed by atoms with Gasteiger partial charge < -0.3 is 0 Å². The van der Waals surface area contributed by atoms with E-state index in [0.717, 1.165) is 0 Å². The molecule has 0 saturated carbocycles. The van der Waals surface area contributed by atoms with Gasteiger partial charge in [0.15, 0.2) is 0 Å². The van der Waals surface area contributed by atoms with Gasteiger partial charge in [0.25, 0.3) is 0 Å². The molecule has 2 saturated heterocycles. The van der Waals surface area contributed by atoms with Gasteiger partial charge in [-0.05, 0) is 0 Å². The molecule has 46 valence electrons. The smallest absolute Gasteiger partial charge is 0.108 e. The maximum atomic E-state index is 3.13. The molecule has 0 aromatic rings. The van der Waals surface area contributed by atoms with Crippen LogP contribution in [0.1, 0.15) is 0 Å². The highest BCUT2D eigenvalue weighted by molar-refractivity contribution is 7.97. The minimum absolute atomic E-state index is 0.380. The van der Waals surface area contributed by atoms with E-state index in [9.17, 15) is 0 Å². The van der Waals surface area contributed by atoms with Gasteiger partial charge in [0.1, 0.15) is 12.3 Å². The lowest BCUT2D eigenvalue weighted by Gasteiger charge is -2.01. The Bertz CT molecular complexity index is 78.0. The van der Waals surface area contributed by atoms with Gasteiger partial charge in [-0.2, -0.15) is 0 Å². The van der Waals surface area contributed by atoms with E-state index >= 15 is 0 Å². The van der Waals surface area contributed by atoms with Gasteiger partial charge >= 0.3 is 0 Å². The van der Waals surface area contributed by atoms with E-state index < -0.39 is 0 Å². The van der Waals surface area contributed by atoms with Crippen LogP contribution in [-0.2, 0) is 0 Å². The predicted molar refractivity (Wildman–Crippen MR) is 35.3 cm³/mol. The number of hydrogen-bond acceptors (Lipinski definition) is 6. The van der Waals surface area contributed by atoms with Gasteiger partial charge in [0.2, 0.25) is 0 Å². The molecule has 0 amide bonds. The molecule has 0 unspecified atom stereocenters. The summed E-state index contributed by atoms with van der Waals surface area (Å²) in [6, 6.07) is 0. The van der Waals surface area contributed by atoms with Crippen LogP contribution in [0.25, 0.3) is 0 Å². The van der Waals surface area contributed by atoms with E-state index in [-0.39, 0.29) is 0 Å². The van der Waals surface area contributed by atoms with Gasteiger partial charge in [-0.25, -0.2) is 18.9 Å². The highest BCUT2D eigenvalue weighted by Gasteiger charge is 2.31. The molecule has 2 fully saturated rings. The summed E-state index contributed by atoms with van der Waals surface area (Å²) in [6.07, 6.45) is 0.759. The highest BCUT2D eigenvalue weighted by atomic mass is 32.2. The first-order valence-corrected chi connectivity index (χ1v) is 3.94. The Morgan fingerprint density at radius 1 is 0.750 bits per heavy atom. The topological polar surface area (TPSA) is 48.1 Å². The zero-order valence-corrected chi connectivity index (χ0v) is 5.60. The van der Waals surface area contributed by atoms with Crippen molar-refractivity contribution in [1.82, 2.24) is 18.9 Å². The summed E-state index contributed by atoms with van der Waals surface area (Å²) >= 11 is 3.06. The standard InChI is InChI=1S/C2H6N4S2/c3-1-2(5-7-3)6-8-4-1/h1-6H. The molecule has 4 nitrogen and oxygen atoms in total. The van der Waals surface area contributed by atoms with E-state index in [1.54, 1.807) is 0 Å². The molecule has 4 N–H and O–H groups in total. The first-order valence-electron chi connectivity index (χ1n) is 2.30. The lowest BCUT2D eigenvalue weighted by molar-refractivity contribution is 0.522. The molecule has 2 rings (SSSR count). The van der Waals surface area contributed by atoms with Crippen LogP contribution in [0.5, 0.6) is 0 Å². The molecule has 0 aromatic heterocycles. The van der Waals surface area contributed by atoms with Gasteiger partial charge in [-0.15, -0.1) is 0 Å². The van der Waals surface area contributed by atoms with Crippen molar-refractivity contribution < 1.29 is 0 Å². The van der Waals surface area contributed by atoms with Crippen LogP contribution in [0.15, 0.2) is 0 Å². The Balaban J connectivity index is 2.04. The molecule has 0 bridgehead atoms. The largest absolute Gasteiger partial charge is 0.230 e. The normalized spacial score (nSPS) is 45.0. The third kappa shape index (κ3) is 0.734. The summed E-state index contributed by atoms with van der Waals surface area (Å²) in [5.41, 5.74) is 0. The molecule has 0 aromatic carbocycles. The molecule has 8 heavy (non-hydrogen) atoms. The summed E-state index contributed by atoms with van der Waals surface area (Å²) in [5.74, 6) is 0. The molecule has 0 spiro atoms. The summed E-state index contributed by atoms with van der Waals surface area (Å²) in [6.45, 7) is 0. The van der Waals surface area contributed by atoms with Crippen molar-refractivity contribution in [2.75, 3.05) is 0 Å². The van der Waals surface area contributed by atoms with Crippen LogP contribution in [0, 0.1) is 0 Å². The van der Waals surface area contributed by atoms with Crippen LogP contribution >= 0.6 is 24.3 Å². The molecule has 0 atom stereocenters. The second-order valence-electron chi connectivity index (χ2n) is 1.63. The van der Waals surface area contributed by atoms with E-state index in [1.165, 1.54) is 24.3 Å². The van der Waals surface area contributed by atoms with E-state index in [1.807, 2.05) is 0 Å². The average Bonchev–Trinajstić information content (AvgIpc) is 2.15. The summed E-state index contributed by atoms with van der Waals surface area (Å²) < 4.78 is 12.5. The lowest BCUT2D eigenvalue weighted by Crippen LogP contribution is -2.39. The minimum Gasteiger partial charge on any atom is -0.230 e. The average molecular weight is 150 g/mol. The van der Waals surface area contributed by atoms with E-state index in [0.29, 0.717) is 12.3 Å². The second kappa shape index (κ2) is 2.05. The zero-order chi connectivity index (χ0) is 5.40. The fraction of sp³-hybridized carbons (Fsp3) is 1.00. The number of fused-ring (bicyclic) bond motifs is 1. The van der Waals surface area contributed by atoms with Crippen LogP contribution in [0.3, 0.4) is 0 Å². The van der Waals surface area contributed by atoms with Crippen molar-refractivity contribution >= 4 is 24.3 Å². The van der Waals surface area contributed by atoms with Crippen molar-refractivity contribution in [3.63, 3.8) is 0 Å². The fourth-order valence-corrected chi connectivity index (χ4v) is 2.22. The van der Waals surface area contributed by atoms with Gasteiger partial charge in [0.05, 0.1) is 0 Å². The molecular weight excluding hydrogens is 144 g/mol. The van der Waals surface area contributed by atoms with Crippen LogP contribution in [-0.4, -0.2) is 12.3 Å². The molecular formula is C2H6N4S2. The fourth-order valence-electron chi connectivity index (χ4n) is 0.642. The lowest BCUT2D eigenvalue weighted by atomic mass is 10.4. The number of nitrogens with one attached hydrogen (secondary N) is 4. The molecule has 0 radical (unpaired) electrons. The SMILES string of the molecule is N1SNC2NSNC12. The molecule has 2 heterocycles. The van der Waals surface area contributed by atoms with Crippen molar-refractivity contribution in [2.24, 2.45) is 0 Å². The van der Waals surface area contributed by atoms with Gasteiger partial charge in [0, 0.05) is 24.3 Å². The van der Waals surface area contributed by atoms with Crippen LogP contribution in [0.2, 0.25) is 0 Å². The Morgan fingerprint density at radius 2 is 1.12 bits per heavy atom. The third-order valence-corrected chi connectivity index (χ3v) is 2.56. The quantitative estimate of drug-likeness (QED) is 0.338. The maximum Gasteiger partial charge on any atom is 0.108 e. The van der Waals surface area contributed by atoms with Crippen molar-refractivity contribution in [1.29, 1.82) is 0 Å². The van der Waals surface area contributed by atoms with Crippen molar-refractivity contribution in [3.8, 4) is 0 Å². The van der Waals surface area contributed by atoms with Crippen molar-refractivity contribution in [2.45, 2.75) is 12.3 Å². The first-order chi connectivity index (χ1) is 3.97. The number of hydrogen-bond donors (Lipinski definition) is 4. The summed E-state index contributed by atoms with van der Waals surface area (Å²) in [4.78, 5) is 0. The Morgan fingerprint density at radius 3 is 1.50 bits per heavy atom. The van der Waals surface area contributed by atoms with E-state index in [4.69, 9.17) is 0 Å². The van der Waals surface area contributed by atoms with Gasteiger partial charge in [-0.1, -0.05) is 0 Å². The predicted octanol–water partition coefficient (Wildman–Crippen LogP) is -0.849. The summed E-state index contributed by atoms with van der Waals surface area (Å²) in [7, 11) is 0. The first kappa shape index (κ1) is 5.33. The highest BCUT2D eigenvalue weighted by Crippen LogP contribution is 2.14. The van der Waals surface area contributed by atoms with Crippen LogP contribution in [0.4, 0.5) is 0 Å². The number of rotatable bonds is 0. The van der Waals surface area contributed by atoms with Gasteiger partial charge in [-0.3, -0.25) is 0 Å². The molecule has 2 aliphatic rings.